The first-order valence-electron chi connectivity index (χ1n) is 9.31. The van der Waals surface area contributed by atoms with Gasteiger partial charge < -0.3 is 16.4 Å². The number of halogens is 2. The van der Waals surface area contributed by atoms with Crippen LogP contribution in [0.3, 0.4) is 0 Å². The van der Waals surface area contributed by atoms with Crippen molar-refractivity contribution in [1.29, 1.82) is 0 Å². The van der Waals surface area contributed by atoms with Gasteiger partial charge in [0, 0.05) is 49.5 Å². The van der Waals surface area contributed by atoms with Crippen molar-refractivity contribution in [3.63, 3.8) is 0 Å². The topological polar surface area (TPSA) is 101 Å². The molecule has 2 aromatic rings. The van der Waals surface area contributed by atoms with Crippen LogP contribution in [0.4, 0.5) is 0 Å². The summed E-state index contributed by atoms with van der Waals surface area (Å²) in [5.41, 5.74) is 7.27. The number of hydrogen-bond donors (Lipinski definition) is 3. The maximum atomic E-state index is 11.0. The van der Waals surface area contributed by atoms with Crippen molar-refractivity contribution in [2.45, 2.75) is 25.4 Å². The molecule has 1 saturated heterocycles. The number of aromatic nitrogens is 2. The van der Waals surface area contributed by atoms with Gasteiger partial charge >= 0.3 is 0 Å². The van der Waals surface area contributed by atoms with Crippen LogP contribution >= 0.6 is 35.6 Å². The summed E-state index contributed by atoms with van der Waals surface area (Å²) < 4.78 is 1.82. The van der Waals surface area contributed by atoms with Crippen molar-refractivity contribution >= 4 is 47.4 Å². The van der Waals surface area contributed by atoms with E-state index in [4.69, 9.17) is 17.3 Å². The first-order chi connectivity index (χ1) is 13.5. The van der Waals surface area contributed by atoms with Crippen molar-refractivity contribution in [3.8, 4) is 5.69 Å². The molecule has 2 heterocycles. The lowest BCUT2D eigenvalue weighted by Crippen LogP contribution is -2.49. The SMILES string of the molecule is CN=C(NCc1cnn(-c2ccc(Cl)cc2)c1)NC1CCN(CC(N)=O)CC1.I. The van der Waals surface area contributed by atoms with E-state index >= 15 is 0 Å². The first kappa shape index (κ1) is 23.4. The van der Waals surface area contributed by atoms with E-state index in [0.29, 0.717) is 24.2 Å². The van der Waals surface area contributed by atoms with Crippen molar-refractivity contribution in [2.24, 2.45) is 10.7 Å². The lowest BCUT2D eigenvalue weighted by molar-refractivity contribution is -0.119. The zero-order valence-corrected chi connectivity index (χ0v) is 19.4. The highest BCUT2D eigenvalue weighted by atomic mass is 127. The first-order valence-corrected chi connectivity index (χ1v) is 9.68. The standard InChI is InChI=1S/C19H26ClN7O.HI/c1-22-19(25-16-6-8-26(9-7-16)13-18(21)28)23-10-14-11-24-27(12-14)17-4-2-15(20)3-5-17;/h2-5,11-12,16H,6-10,13H2,1H3,(H2,21,28)(H2,22,23,25);1H. The van der Waals surface area contributed by atoms with Gasteiger partial charge in [-0.2, -0.15) is 5.10 Å². The molecule has 0 unspecified atom stereocenters. The molecule has 1 aromatic carbocycles. The van der Waals surface area contributed by atoms with E-state index in [9.17, 15) is 4.79 Å². The summed E-state index contributed by atoms with van der Waals surface area (Å²) in [5, 5.41) is 11.9. The number of carbonyl (C=O) groups excluding carboxylic acids is 1. The fraction of sp³-hybridized carbons (Fsp3) is 0.421. The van der Waals surface area contributed by atoms with E-state index in [1.54, 1.807) is 7.05 Å². The number of rotatable bonds is 6. The molecule has 8 nitrogen and oxygen atoms in total. The van der Waals surface area contributed by atoms with Crippen LogP contribution in [0.25, 0.3) is 5.69 Å². The summed E-state index contributed by atoms with van der Waals surface area (Å²) in [6, 6.07) is 7.87. The van der Waals surface area contributed by atoms with Crippen molar-refractivity contribution < 1.29 is 4.79 Å². The summed E-state index contributed by atoms with van der Waals surface area (Å²) in [5.74, 6) is 0.482. The van der Waals surface area contributed by atoms with E-state index in [-0.39, 0.29) is 29.9 Å². The lowest BCUT2D eigenvalue weighted by Gasteiger charge is -2.32. The molecule has 1 aliphatic heterocycles. The molecule has 1 aromatic heterocycles. The molecule has 0 aliphatic carbocycles. The number of primary amides is 1. The molecule has 10 heteroatoms. The second-order valence-corrected chi connectivity index (χ2v) is 7.29. The predicted molar refractivity (Wildman–Crippen MR) is 126 cm³/mol. The van der Waals surface area contributed by atoms with Crippen LogP contribution in [0.1, 0.15) is 18.4 Å². The molecule has 0 spiro atoms. The Balaban J connectivity index is 0.00000300. The number of amides is 1. The van der Waals surface area contributed by atoms with Crippen LogP contribution < -0.4 is 16.4 Å². The Hall–Kier alpha value is -1.85. The zero-order chi connectivity index (χ0) is 19.9. The molecular formula is C19H27ClIN7O. The number of carbonyl (C=O) groups is 1. The number of nitrogens with two attached hydrogens (primary N) is 1. The van der Waals surface area contributed by atoms with Crippen LogP contribution in [0.15, 0.2) is 41.7 Å². The molecule has 1 aliphatic rings. The Bertz CT molecular complexity index is 816. The van der Waals surface area contributed by atoms with Crippen LogP contribution in [0.2, 0.25) is 5.02 Å². The maximum absolute atomic E-state index is 11.0. The van der Waals surface area contributed by atoms with Crippen LogP contribution in [-0.2, 0) is 11.3 Å². The third-order valence-corrected chi connectivity index (χ3v) is 4.97. The zero-order valence-electron chi connectivity index (χ0n) is 16.3. The minimum Gasteiger partial charge on any atom is -0.369 e. The third kappa shape index (κ3) is 7.16. The van der Waals surface area contributed by atoms with Crippen LogP contribution in [-0.4, -0.2) is 59.3 Å². The van der Waals surface area contributed by atoms with Gasteiger partial charge in [-0.3, -0.25) is 14.7 Å². The second-order valence-electron chi connectivity index (χ2n) is 6.86. The van der Waals surface area contributed by atoms with E-state index < -0.39 is 0 Å². The number of nitrogens with zero attached hydrogens (tertiary/aromatic N) is 4. The molecule has 1 fully saturated rings. The van der Waals surface area contributed by atoms with Gasteiger partial charge in [-0.15, -0.1) is 24.0 Å². The Morgan fingerprint density at radius 2 is 2.00 bits per heavy atom. The highest BCUT2D eigenvalue weighted by Crippen LogP contribution is 2.13. The van der Waals surface area contributed by atoms with Crippen LogP contribution in [0, 0.1) is 0 Å². The molecular weight excluding hydrogens is 505 g/mol. The van der Waals surface area contributed by atoms with Crippen molar-refractivity contribution in [1.82, 2.24) is 25.3 Å². The quantitative estimate of drug-likeness (QED) is 0.300. The number of likely N-dealkylation sites (tertiary alicyclic amines) is 1. The predicted octanol–water partition coefficient (Wildman–Crippen LogP) is 1.76. The minimum absolute atomic E-state index is 0. The van der Waals surface area contributed by atoms with Gasteiger partial charge in [0.2, 0.25) is 5.91 Å². The molecule has 158 valence electrons. The van der Waals surface area contributed by atoms with Gasteiger partial charge in [-0.25, -0.2) is 4.68 Å². The number of benzene rings is 1. The summed E-state index contributed by atoms with van der Waals surface area (Å²) in [7, 11) is 1.76. The van der Waals surface area contributed by atoms with E-state index in [0.717, 1.165) is 43.1 Å². The smallest absolute Gasteiger partial charge is 0.231 e. The highest BCUT2D eigenvalue weighted by molar-refractivity contribution is 14.0. The lowest BCUT2D eigenvalue weighted by atomic mass is 10.1. The largest absolute Gasteiger partial charge is 0.369 e. The molecule has 3 rings (SSSR count). The maximum Gasteiger partial charge on any atom is 0.231 e. The highest BCUT2D eigenvalue weighted by Gasteiger charge is 2.20. The molecule has 29 heavy (non-hydrogen) atoms. The monoisotopic (exact) mass is 531 g/mol. The number of aliphatic imine (C=N–C) groups is 1. The van der Waals surface area contributed by atoms with Gasteiger partial charge in [0.15, 0.2) is 5.96 Å². The summed E-state index contributed by atoms with van der Waals surface area (Å²) in [6.07, 6.45) is 5.70. The van der Waals surface area contributed by atoms with E-state index in [1.807, 2.05) is 41.3 Å². The Kier molecular flexibility index (Phi) is 9.18. The van der Waals surface area contributed by atoms with Gasteiger partial charge in [0.25, 0.3) is 0 Å². The summed E-state index contributed by atoms with van der Waals surface area (Å²) in [6.45, 7) is 2.65. The number of piperidine rings is 1. The molecule has 0 bridgehead atoms. The normalized spacial score (nSPS) is 15.6. The van der Waals surface area contributed by atoms with Crippen LogP contribution in [0.5, 0.6) is 0 Å². The average molecular weight is 532 g/mol. The van der Waals surface area contributed by atoms with Crippen molar-refractivity contribution in [2.75, 3.05) is 26.7 Å². The second kappa shape index (κ2) is 11.4. The Morgan fingerprint density at radius 3 is 2.62 bits per heavy atom. The van der Waals surface area contributed by atoms with Gasteiger partial charge in [-0.05, 0) is 37.1 Å². The Morgan fingerprint density at radius 1 is 1.31 bits per heavy atom. The molecule has 1 amide bonds. The molecule has 0 radical (unpaired) electrons. The fourth-order valence-electron chi connectivity index (χ4n) is 3.22. The van der Waals surface area contributed by atoms with Gasteiger partial charge in [0.1, 0.15) is 0 Å². The molecule has 0 saturated carbocycles. The number of nitrogens with one attached hydrogen (secondary N) is 2. The average Bonchev–Trinajstić information content (AvgIpc) is 3.15. The van der Waals surface area contributed by atoms with Gasteiger partial charge in [-0.1, -0.05) is 11.6 Å². The van der Waals surface area contributed by atoms with Crippen molar-refractivity contribution in [3.05, 3.63) is 47.2 Å². The summed E-state index contributed by atoms with van der Waals surface area (Å²) in [4.78, 5) is 17.4. The summed E-state index contributed by atoms with van der Waals surface area (Å²) >= 11 is 5.93. The van der Waals surface area contributed by atoms with Gasteiger partial charge in [0.05, 0.1) is 18.4 Å². The van der Waals surface area contributed by atoms with E-state index in [2.05, 4.69) is 25.6 Å². The fourth-order valence-corrected chi connectivity index (χ4v) is 3.34. The minimum atomic E-state index is -0.275. The number of guanidine groups is 1. The Labute approximate surface area is 192 Å². The number of hydrogen-bond acceptors (Lipinski definition) is 4. The molecule has 0 atom stereocenters. The molecule has 4 N–H and O–H groups in total. The van der Waals surface area contributed by atoms with E-state index in [1.165, 1.54) is 0 Å². The third-order valence-electron chi connectivity index (χ3n) is 4.72.